The molecule has 2 aliphatic heterocycles. The number of hydrogen-bond acceptors (Lipinski definition) is 7. The summed E-state index contributed by atoms with van der Waals surface area (Å²) in [6.45, 7) is 1.68. The number of azo groups is 1. The number of fused-ring (bicyclic) bond motifs is 1. The zero-order valence-electron chi connectivity index (χ0n) is 15.8. The van der Waals surface area contributed by atoms with Crippen LogP contribution in [0.1, 0.15) is 12.8 Å². The maximum atomic E-state index is 9.85. The van der Waals surface area contributed by atoms with Gasteiger partial charge in [-0.15, -0.1) is 5.11 Å². The number of hydrogen-bond donors (Lipinski definition) is 2. The lowest BCUT2D eigenvalue weighted by Gasteiger charge is -2.31. The van der Waals surface area contributed by atoms with Gasteiger partial charge in [0.1, 0.15) is 0 Å². The molecule has 0 spiro atoms. The van der Waals surface area contributed by atoms with Crippen LogP contribution in [0.15, 0.2) is 52.7 Å². The van der Waals surface area contributed by atoms with E-state index >= 15 is 0 Å². The van der Waals surface area contributed by atoms with Crippen molar-refractivity contribution in [3.8, 4) is 0 Å². The second kappa shape index (κ2) is 7.08. The van der Waals surface area contributed by atoms with E-state index in [9.17, 15) is 5.11 Å². The number of rotatable bonds is 3. The van der Waals surface area contributed by atoms with Crippen LogP contribution in [0.25, 0.3) is 0 Å². The van der Waals surface area contributed by atoms with Crippen molar-refractivity contribution in [3.05, 3.63) is 42.5 Å². The van der Waals surface area contributed by atoms with Crippen molar-refractivity contribution >= 4 is 28.4 Å². The minimum absolute atomic E-state index is 0.196. The van der Waals surface area contributed by atoms with Gasteiger partial charge < -0.3 is 25.5 Å². The fourth-order valence-corrected chi connectivity index (χ4v) is 3.82. The van der Waals surface area contributed by atoms with Gasteiger partial charge in [0.25, 0.3) is 0 Å². The Kier molecular flexibility index (Phi) is 4.61. The topological polar surface area (TPSA) is 80.7 Å². The summed E-state index contributed by atoms with van der Waals surface area (Å²) in [5, 5.41) is 18.8. The number of benzene rings is 2. The van der Waals surface area contributed by atoms with Crippen molar-refractivity contribution in [2.24, 2.45) is 10.2 Å². The van der Waals surface area contributed by atoms with Crippen LogP contribution in [-0.2, 0) is 0 Å². The van der Waals surface area contributed by atoms with Crippen LogP contribution in [0.2, 0.25) is 0 Å². The highest BCUT2D eigenvalue weighted by Crippen LogP contribution is 2.39. The monoisotopic (exact) mass is 366 g/mol. The molecule has 2 aliphatic rings. The first-order valence-electron chi connectivity index (χ1n) is 9.32. The largest absolute Gasteiger partial charge is 0.399 e. The first kappa shape index (κ1) is 17.6. The minimum atomic E-state index is -0.234. The van der Waals surface area contributed by atoms with Gasteiger partial charge >= 0.3 is 0 Å². The van der Waals surface area contributed by atoms with Gasteiger partial charge in [0.2, 0.25) is 6.29 Å². The van der Waals surface area contributed by atoms with E-state index in [1.165, 1.54) is 0 Å². The van der Waals surface area contributed by atoms with E-state index in [2.05, 4.69) is 24.9 Å². The quantitative estimate of drug-likeness (QED) is 0.644. The van der Waals surface area contributed by atoms with Crippen molar-refractivity contribution in [2.45, 2.75) is 25.2 Å². The number of nitrogens with zero attached hydrogens (tertiary/aromatic N) is 5. The fraction of sp³-hybridized carbons (Fsp3) is 0.400. The summed E-state index contributed by atoms with van der Waals surface area (Å²) in [5.74, 6) is 0. The Bertz CT molecular complexity index is 837. The number of piperidine rings is 1. The zero-order valence-corrected chi connectivity index (χ0v) is 15.8. The van der Waals surface area contributed by atoms with Gasteiger partial charge in [-0.3, -0.25) is 0 Å². The third kappa shape index (κ3) is 3.42. The van der Waals surface area contributed by atoms with E-state index in [0.717, 1.165) is 47.8 Å². The Hall–Kier alpha value is -2.80. The van der Waals surface area contributed by atoms with Crippen molar-refractivity contribution in [1.29, 1.82) is 0 Å². The summed E-state index contributed by atoms with van der Waals surface area (Å²) >= 11 is 0. The highest BCUT2D eigenvalue weighted by atomic mass is 16.3. The van der Waals surface area contributed by atoms with Crippen LogP contribution in [0.4, 0.5) is 28.4 Å². The molecule has 2 heterocycles. The Balaban J connectivity index is 1.47. The minimum Gasteiger partial charge on any atom is -0.399 e. The van der Waals surface area contributed by atoms with Gasteiger partial charge in [0, 0.05) is 38.6 Å². The zero-order chi connectivity index (χ0) is 19.0. The maximum Gasteiger partial charge on any atom is 0.218 e. The van der Waals surface area contributed by atoms with Crippen LogP contribution in [0.5, 0.6) is 0 Å². The first-order chi connectivity index (χ1) is 13.0. The smallest absolute Gasteiger partial charge is 0.218 e. The second-order valence-electron chi connectivity index (χ2n) is 7.29. The van der Waals surface area contributed by atoms with Gasteiger partial charge in [-0.2, -0.15) is 5.11 Å². The highest BCUT2D eigenvalue weighted by Gasteiger charge is 2.31. The molecule has 2 aromatic carbocycles. The summed E-state index contributed by atoms with van der Waals surface area (Å²) < 4.78 is 0. The lowest BCUT2D eigenvalue weighted by molar-refractivity contribution is 0.154. The normalized spacial score (nSPS) is 22.6. The highest BCUT2D eigenvalue weighted by molar-refractivity contribution is 5.79. The Morgan fingerprint density at radius 3 is 2.52 bits per heavy atom. The fourth-order valence-electron chi connectivity index (χ4n) is 3.82. The molecule has 3 N–H and O–H groups in total. The molecular formula is C20H26N6O. The van der Waals surface area contributed by atoms with Gasteiger partial charge in [-0.05, 0) is 55.3 Å². The Morgan fingerprint density at radius 1 is 1.04 bits per heavy atom. The van der Waals surface area contributed by atoms with Crippen molar-refractivity contribution in [1.82, 2.24) is 0 Å². The molecule has 0 amide bonds. The standard InChI is InChI=1S/C20H26N6O/c1-24-18-10-5-14(21)12-19(18)25(2)20(24)23-22-15-6-8-16(9-7-15)26-11-3-4-17(27)13-26/h5-10,12,17,20,27H,3-4,11,13,21H2,1-2H3. The van der Waals surface area contributed by atoms with Gasteiger partial charge in [0.05, 0.1) is 23.2 Å². The van der Waals surface area contributed by atoms with Crippen LogP contribution >= 0.6 is 0 Å². The average Bonchev–Trinajstić information content (AvgIpc) is 2.90. The summed E-state index contributed by atoms with van der Waals surface area (Å²) in [5.41, 5.74) is 10.7. The van der Waals surface area contributed by atoms with Crippen molar-refractivity contribution in [2.75, 3.05) is 47.6 Å². The van der Waals surface area contributed by atoms with E-state index in [0.29, 0.717) is 6.54 Å². The molecule has 7 nitrogen and oxygen atoms in total. The summed E-state index contributed by atoms with van der Waals surface area (Å²) in [6, 6.07) is 13.9. The van der Waals surface area contributed by atoms with Crippen LogP contribution < -0.4 is 20.4 Å². The lowest BCUT2D eigenvalue weighted by Crippen LogP contribution is -2.38. The van der Waals surface area contributed by atoms with E-state index in [4.69, 9.17) is 5.73 Å². The van der Waals surface area contributed by atoms with Gasteiger partial charge in [-0.1, -0.05) is 0 Å². The molecule has 142 valence electrons. The first-order valence-corrected chi connectivity index (χ1v) is 9.32. The molecule has 2 aromatic rings. The molecule has 0 bridgehead atoms. The molecule has 4 rings (SSSR count). The van der Waals surface area contributed by atoms with Crippen molar-refractivity contribution < 1.29 is 5.11 Å². The number of nitrogen functional groups attached to an aromatic ring is 1. The molecule has 7 heteroatoms. The SMILES string of the molecule is CN1c2ccc(N)cc2N(C)C1N=Nc1ccc(N2CCCC(O)C2)cc1. The molecule has 0 aliphatic carbocycles. The van der Waals surface area contributed by atoms with Crippen LogP contribution in [0, 0.1) is 0 Å². The molecular weight excluding hydrogens is 340 g/mol. The molecule has 2 unspecified atom stereocenters. The van der Waals surface area contributed by atoms with Crippen LogP contribution in [0.3, 0.4) is 0 Å². The third-order valence-electron chi connectivity index (χ3n) is 5.34. The van der Waals surface area contributed by atoms with E-state index < -0.39 is 0 Å². The van der Waals surface area contributed by atoms with Gasteiger partial charge in [0.15, 0.2) is 0 Å². The number of aliphatic hydroxyl groups excluding tert-OH is 1. The van der Waals surface area contributed by atoms with E-state index in [-0.39, 0.29) is 12.4 Å². The van der Waals surface area contributed by atoms with Crippen molar-refractivity contribution in [3.63, 3.8) is 0 Å². The molecule has 1 fully saturated rings. The number of nitrogens with two attached hydrogens (primary N) is 1. The molecule has 0 radical (unpaired) electrons. The predicted octanol–water partition coefficient (Wildman–Crippen LogP) is 3.18. The van der Waals surface area contributed by atoms with Crippen LogP contribution in [-0.4, -0.2) is 44.7 Å². The lowest BCUT2D eigenvalue weighted by atomic mass is 10.1. The van der Waals surface area contributed by atoms with E-state index in [1.807, 2.05) is 56.6 Å². The third-order valence-corrected chi connectivity index (χ3v) is 5.34. The van der Waals surface area contributed by atoms with Gasteiger partial charge in [-0.25, -0.2) is 0 Å². The molecule has 0 aromatic heterocycles. The molecule has 2 atom stereocenters. The molecule has 1 saturated heterocycles. The maximum absolute atomic E-state index is 9.85. The predicted molar refractivity (Wildman–Crippen MR) is 110 cm³/mol. The second-order valence-corrected chi connectivity index (χ2v) is 7.29. The summed E-state index contributed by atoms with van der Waals surface area (Å²) in [4.78, 5) is 6.37. The number of β-amino-alcohol motifs (C(OH)–C–C–N with tert-alkyl or cyclic N) is 1. The molecule has 0 saturated carbocycles. The number of anilines is 4. The summed E-state index contributed by atoms with van der Waals surface area (Å²) in [7, 11) is 4.00. The Morgan fingerprint density at radius 2 is 1.78 bits per heavy atom. The summed E-state index contributed by atoms with van der Waals surface area (Å²) in [6.07, 6.45) is 1.48. The average molecular weight is 366 g/mol. The molecule has 27 heavy (non-hydrogen) atoms. The number of aliphatic hydroxyl groups is 1. The Labute approximate surface area is 159 Å². The van der Waals surface area contributed by atoms with E-state index in [1.54, 1.807) is 0 Å².